The van der Waals surface area contributed by atoms with E-state index in [4.69, 9.17) is 4.74 Å². The van der Waals surface area contributed by atoms with Crippen LogP contribution < -0.4 is 5.32 Å². The summed E-state index contributed by atoms with van der Waals surface area (Å²) >= 11 is 0. The third-order valence-corrected chi connectivity index (χ3v) is 7.22. The molecule has 0 atom stereocenters. The smallest absolute Gasteiger partial charge is 0.338 e. The van der Waals surface area contributed by atoms with Crippen molar-refractivity contribution in [3.63, 3.8) is 0 Å². The SMILES string of the molecule is CCCC(=O)Nc1ccc(C(=O)COC(=O)c2cccc(S(=O)(=O)N3CCCCC3)c2)cc1. The van der Waals surface area contributed by atoms with Crippen LogP contribution in [-0.2, 0) is 19.6 Å². The van der Waals surface area contributed by atoms with Crippen LogP contribution in [0.15, 0.2) is 53.4 Å². The van der Waals surface area contributed by atoms with Crippen LogP contribution in [0.25, 0.3) is 0 Å². The Morgan fingerprint density at radius 3 is 2.33 bits per heavy atom. The average Bonchev–Trinajstić information content (AvgIpc) is 2.83. The first-order chi connectivity index (χ1) is 15.8. The molecule has 0 bridgehead atoms. The molecule has 0 unspecified atom stereocenters. The van der Waals surface area contributed by atoms with Gasteiger partial charge < -0.3 is 10.1 Å². The number of ketones is 1. The Bertz CT molecular complexity index is 1110. The number of benzene rings is 2. The van der Waals surface area contributed by atoms with Crippen molar-refractivity contribution in [3.8, 4) is 0 Å². The summed E-state index contributed by atoms with van der Waals surface area (Å²) in [6, 6.07) is 12.0. The molecule has 1 amide bonds. The summed E-state index contributed by atoms with van der Waals surface area (Å²) in [6.07, 6.45) is 3.78. The molecule has 176 valence electrons. The molecule has 8 nitrogen and oxygen atoms in total. The zero-order valence-electron chi connectivity index (χ0n) is 18.6. The van der Waals surface area contributed by atoms with Crippen molar-refractivity contribution >= 4 is 33.4 Å². The number of ether oxygens (including phenoxy) is 1. The molecule has 1 saturated heterocycles. The van der Waals surface area contributed by atoms with E-state index in [9.17, 15) is 22.8 Å². The molecule has 3 rings (SSSR count). The Labute approximate surface area is 194 Å². The Kier molecular flexibility index (Phi) is 8.35. The second-order valence-electron chi connectivity index (χ2n) is 7.87. The average molecular weight is 473 g/mol. The summed E-state index contributed by atoms with van der Waals surface area (Å²) in [5.74, 6) is -1.29. The Morgan fingerprint density at radius 2 is 1.67 bits per heavy atom. The molecule has 0 spiro atoms. The molecule has 1 heterocycles. The zero-order chi connectivity index (χ0) is 23.8. The fourth-order valence-electron chi connectivity index (χ4n) is 3.53. The number of hydrogen-bond acceptors (Lipinski definition) is 6. The van der Waals surface area contributed by atoms with Crippen molar-refractivity contribution in [2.24, 2.45) is 0 Å². The van der Waals surface area contributed by atoms with Crippen molar-refractivity contribution in [1.29, 1.82) is 0 Å². The van der Waals surface area contributed by atoms with Crippen LogP contribution in [0.2, 0.25) is 0 Å². The third-order valence-electron chi connectivity index (χ3n) is 5.32. The number of Topliss-reactive ketones (excluding diaryl/α,β-unsaturated/α-hetero) is 1. The van der Waals surface area contributed by atoms with Gasteiger partial charge in [-0.15, -0.1) is 0 Å². The summed E-state index contributed by atoms with van der Waals surface area (Å²) in [6.45, 7) is 2.36. The van der Waals surface area contributed by atoms with E-state index >= 15 is 0 Å². The fraction of sp³-hybridized carbons (Fsp3) is 0.375. The highest BCUT2D eigenvalue weighted by molar-refractivity contribution is 7.89. The molecule has 0 aromatic heterocycles. The van der Waals surface area contributed by atoms with Gasteiger partial charge in [0, 0.05) is 30.8 Å². The topological polar surface area (TPSA) is 110 Å². The highest BCUT2D eigenvalue weighted by atomic mass is 32.2. The van der Waals surface area contributed by atoms with Crippen LogP contribution in [-0.4, -0.2) is 50.1 Å². The third kappa shape index (κ3) is 6.49. The van der Waals surface area contributed by atoms with Gasteiger partial charge in [0.15, 0.2) is 12.4 Å². The van der Waals surface area contributed by atoms with Crippen LogP contribution in [0, 0.1) is 0 Å². The lowest BCUT2D eigenvalue weighted by molar-refractivity contribution is -0.116. The number of hydrogen-bond donors (Lipinski definition) is 1. The number of piperidine rings is 1. The molecule has 33 heavy (non-hydrogen) atoms. The van der Waals surface area contributed by atoms with Crippen molar-refractivity contribution in [1.82, 2.24) is 4.31 Å². The van der Waals surface area contributed by atoms with Gasteiger partial charge >= 0.3 is 5.97 Å². The van der Waals surface area contributed by atoms with Crippen molar-refractivity contribution in [3.05, 3.63) is 59.7 Å². The molecular weight excluding hydrogens is 444 g/mol. The normalized spacial score (nSPS) is 14.5. The number of nitrogens with one attached hydrogen (secondary N) is 1. The van der Waals surface area contributed by atoms with Gasteiger partial charge in [0.2, 0.25) is 15.9 Å². The summed E-state index contributed by atoms with van der Waals surface area (Å²) in [7, 11) is -3.68. The first-order valence-corrected chi connectivity index (χ1v) is 12.5. The fourth-order valence-corrected chi connectivity index (χ4v) is 5.09. The molecule has 1 aliphatic heterocycles. The van der Waals surface area contributed by atoms with E-state index in [0.717, 1.165) is 25.7 Å². The van der Waals surface area contributed by atoms with Gasteiger partial charge in [-0.2, -0.15) is 4.31 Å². The second-order valence-corrected chi connectivity index (χ2v) is 9.81. The van der Waals surface area contributed by atoms with E-state index in [1.807, 2.05) is 6.92 Å². The van der Waals surface area contributed by atoms with Gasteiger partial charge in [0.25, 0.3) is 0 Å². The molecule has 0 radical (unpaired) electrons. The summed E-state index contributed by atoms with van der Waals surface area (Å²) in [5.41, 5.74) is 0.973. The van der Waals surface area contributed by atoms with Crippen LogP contribution in [0.1, 0.15) is 59.7 Å². The maximum atomic E-state index is 12.8. The number of anilines is 1. The molecule has 1 N–H and O–H groups in total. The molecule has 1 aliphatic rings. The lowest BCUT2D eigenvalue weighted by Crippen LogP contribution is -2.35. The number of carbonyl (C=O) groups excluding carboxylic acids is 3. The van der Waals surface area contributed by atoms with Gasteiger partial charge in [0.05, 0.1) is 10.5 Å². The first kappa shape index (κ1) is 24.6. The van der Waals surface area contributed by atoms with Crippen LogP contribution in [0.4, 0.5) is 5.69 Å². The number of nitrogens with zero attached hydrogens (tertiary/aromatic N) is 1. The van der Waals surface area contributed by atoms with Gasteiger partial charge in [-0.3, -0.25) is 9.59 Å². The zero-order valence-corrected chi connectivity index (χ0v) is 19.4. The molecule has 0 aliphatic carbocycles. The van der Waals surface area contributed by atoms with Gasteiger partial charge in [-0.25, -0.2) is 13.2 Å². The predicted molar refractivity (Wildman–Crippen MR) is 124 cm³/mol. The van der Waals surface area contributed by atoms with Crippen LogP contribution in [0.3, 0.4) is 0 Å². The van der Waals surface area contributed by atoms with Gasteiger partial charge in [-0.1, -0.05) is 19.4 Å². The maximum Gasteiger partial charge on any atom is 0.338 e. The minimum absolute atomic E-state index is 0.0332. The Hall–Kier alpha value is -3.04. The van der Waals surface area contributed by atoms with E-state index in [2.05, 4.69) is 5.32 Å². The van der Waals surface area contributed by atoms with E-state index in [0.29, 0.717) is 30.8 Å². The lowest BCUT2D eigenvalue weighted by atomic mass is 10.1. The Morgan fingerprint density at radius 1 is 0.970 bits per heavy atom. The maximum absolute atomic E-state index is 12.8. The summed E-state index contributed by atoms with van der Waals surface area (Å²) < 4.78 is 32.2. The van der Waals surface area contributed by atoms with Crippen molar-refractivity contribution < 1.29 is 27.5 Å². The molecule has 2 aromatic rings. The summed E-state index contributed by atoms with van der Waals surface area (Å²) in [5, 5.41) is 2.73. The van der Waals surface area contributed by atoms with E-state index in [1.54, 1.807) is 24.3 Å². The lowest BCUT2D eigenvalue weighted by Gasteiger charge is -2.25. The standard InChI is InChI=1S/C24H28N2O6S/c1-2-7-23(28)25-20-12-10-18(11-13-20)22(27)17-32-24(29)19-8-6-9-21(16-19)33(30,31)26-14-4-3-5-15-26/h6,8-13,16H,2-5,7,14-15,17H2,1H3,(H,25,28). The largest absolute Gasteiger partial charge is 0.454 e. The van der Waals surface area contributed by atoms with Gasteiger partial charge in [0.1, 0.15) is 0 Å². The molecule has 1 fully saturated rings. The van der Waals surface area contributed by atoms with Crippen molar-refractivity contribution in [2.45, 2.75) is 43.9 Å². The van der Waals surface area contributed by atoms with E-state index in [-0.39, 0.29) is 16.4 Å². The number of rotatable bonds is 9. The molecular formula is C24H28N2O6S. The minimum Gasteiger partial charge on any atom is -0.454 e. The Balaban J connectivity index is 1.60. The number of carbonyl (C=O) groups is 3. The van der Waals surface area contributed by atoms with Crippen LogP contribution >= 0.6 is 0 Å². The first-order valence-electron chi connectivity index (χ1n) is 11.0. The van der Waals surface area contributed by atoms with Crippen LogP contribution in [0.5, 0.6) is 0 Å². The quantitative estimate of drug-likeness (QED) is 0.441. The molecule has 9 heteroatoms. The van der Waals surface area contributed by atoms with Gasteiger partial charge in [-0.05, 0) is 61.7 Å². The molecule has 2 aromatic carbocycles. The number of esters is 1. The highest BCUT2D eigenvalue weighted by Gasteiger charge is 2.26. The second kappa shape index (κ2) is 11.2. The minimum atomic E-state index is -3.68. The summed E-state index contributed by atoms with van der Waals surface area (Å²) in [4.78, 5) is 36.5. The molecule has 0 saturated carbocycles. The monoisotopic (exact) mass is 472 g/mol. The van der Waals surface area contributed by atoms with E-state index in [1.165, 1.54) is 28.6 Å². The van der Waals surface area contributed by atoms with Crippen molar-refractivity contribution in [2.75, 3.05) is 25.0 Å². The highest BCUT2D eigenvalue weighted by Crippen LogP contribution is 2.21. The number of sulfonamides is 1. The number of amides is 1. The predicted octanol–water partition coefficient (Wildman–Crippen LogP) is 3.64. The van der Waals surface area contributed by atoms with E-state index < -0.39 is 28.4 Å².